The number of rotatable bonds is 4. The standard InChI is InChI=1S/C18H21NO/c1-14-17(13-20)12-19(14)18(15-8-4-2-5-9-15)16-10-6-3-7-11-16/h2-11,14,17-18,20H,12-13H2,1H3/t14-,17+/m0/s1. The van der Waals surface area contributed by atoms with Crippen molar-refractivity contribution in [2.75, 3.05) is 13.2 Å². The molecule has 1 saturated heterocycles. The average molecular weight is 267 g/mol. The van der Waals surface area contributed by atoms with Gasteiger partial charge in [-0.3, -0.25) is 4.90 Å². The maximum atomic E-state index is 9.37. The van der Waals surface area contributed by atoms with E-state index >= 15 is 0 Å². The normalized spacial score (nSPS) is 22.8. The summed E-state index contributed by atoms with van der Waals surface area (Å²) in [5, 5.41) is 9.37. The van der Waals surface area contributed by atoms with Gasteiger partial charge in [0.25, 0.3) is 0 Å². The summed E-state index contributed by atoms with van der Waals surface area (Å²) >= 11 is 0. The molecule has 0 radical (unpaired) electrons. The number of benzene rings is 2. The molecular formula is C18H21NO. The van der Waals surface area contributed by atoms with Crippen LogP contribution in [0.5, 0.6) is 0 Å². The summed E-state index contributed by atoms with van der Waals surface area (Å²) in [6.07, 6.45) is 0. The number of hydrogen-bond donors (Lipinski definition) is 1. The van der Waals surface area contributed by atoms with Crippen molar-refractivity contribution in [1.82, 2.24) is 4.90 Å². The molecule has 1 N–H and O–H groups in total. The first-order valence-electron chi connectivity index (χ1n) is 7.27. The molecule has 2 aromatic carbocycles. The molecule has 0 amide bonds. The van der Waals surface area contributed by atoms with Gasteiger partial charge in [0.2, 0.25) is 0 Å². The summed E-state index contributed by atoms with van der Waals surface area (Å²) in [5.41, 5.74) is 2.64. The smallest absolute Gasteiger partial charge is 0.0604 e. The van der Waals surface area contributed by atoms with Gasteiger partial charge in [0.15, 0.2) is 0 Å². The molecule has 1 aliphatic rings. The van der Waals surface area contributed by atoms with Crippen molar-refractivity contribution in [3.8, 4) is 0 Å². The van der Waals surface area contributed by atoms with E-state index in [1.807, 2.05) is 0 Å². The van der Waals surface area contributed by atoms with E-state index in [0.717, 1.165) is 6.54 Å². The highest BCUT2D eigenvalue weighted by molar-refractivity contribution is 5.32. The molecule has 2 nitrogen and oxygen atoms in total. The summed E-state index contributed by atoms with van der Waals surface area (Å²) in [6.45, 7) is 3.46. The van der Waals surface area contributed by atoms with Crippen LogP contribution in [0.1, 0.15) is 24.1 Å². The predicted molar refractivity (Wildman–Crippen MR) is 81.5 cm³/mol. The fourth-order valence-corrected chi connectivity index (χ4v) is 3.12. The number of aliphatic hydroxyl groups excluding tert-OH is 1. The van der Waals surface area contributed by atoms with E-state index in [2.05, 4.69) is 72.5 Å². The highest BCUT2D eigenvalue weighted by Crippen LogP contribution is 2.38. The van der Waals surface area contributed by atoms with Crippen LogP contribution < -0.4 is 0 Å². The van der Waals surface area contributed by atoms with Crippen molar-refractivity contribution in [2.45, 2.75) is 19.0 Å². The maximum absolute atomic E-state index is 9.37. The monoisotopic (exact) mass is 267 g/mol. The molecule has 0 saturated carbocycles. The Morgan fingerprint density at radius 1 is 1.00 bits per heavy atom. The van der Waals surface area contributed by atoms with Crippen LogP contribution in [0.3, 0.4) is 0 Å². The van der Waals surface area contributed by atoms with E-state index in [4.69, 9.17) is 0 Å². The zero-order valence-corrected chi connectivity index (χ0v) is 11.8. The highest BCUT2D eigenvalue weighted by Gasteiger charge is 2.40. The zero-order valence-electron chi connectivity index (χ0n) is 11.8. The van der Waals surface area contributed by atoms with Crippen molar-refractivity contribution in [3.05, 3.63) is 71.8 Å². The minimum Gasteiger partial charge on any atom is -0.396 e. The molecule has 0 spiro atoms. The van der Waals surface area contributed by atoms with Gasteiger partial charge in [-0.2, -0.15) is 0 Å². The van der Waals surface area contributed by atoms with E-state index in [1.165, 1.54) is 11.1 Å². The highest BCUT2D eigenvalue weighted by atomic mass is 16.3. The number of aliphatic hydroxyl groups is 1. The first-order chi connectivity index (χ1) is 9.81. The Bertz CT molecular complexity index is 500. The average Bonchev–Trinajstić information content (AvgIpc) is 2.52. The van der Waals surface area contributed by atoms with Crippen LogP contribution in [0.4, 0.5) is 0 Å². The van der Waals surface area contributed by atoms with E-state index in [0.29, 0.717) is 12.0 Å². The third kappa shape index (κ3) is 2.37. The largest absolute Gasteiger partial charge is 0.396 e. The van der Waals surface area contributed by atoms with Crippen molar-refractivity contribution in [1.29, 1.82) is 0 Å². The van der Waals surface area contributed by atoms with Gasteiger partial charge in [-0.25, -0.2) is 0 Å². The lowest BCUT2D eigenvalue weighted by Crippen LogP contribution is -2.57. The van der Waals surface area contributed by atoms with Crippen LogP contribution in [0.2, 0.25) is 0 Å². The van der Waals surface area contributed by atoms with Crippen molar-refractivity contribution in [3.63, 3.8) is 0 Å². The predicted octanol–water partition coefficient (Wildman–Crippen LogP) is 3.09. The zero-order chi connectivity index (χ0) is 13.9. The molecule has 0 bridgehead atoms. The summed E-state index contributed by atoms with van der Waals surface area (Å²) < 4.78 is 0. The SMILES string of the molecule is C[C@H]1[C@@H](CO)CN1C(c1ccccc1)c1ccccc1. The molecule has 104 valence electrons. The van der Waals surface area contributed by atoms with Gasteiger partial charge >= 0.3 is 0 Å². The molecule has 2 aromatic rings. The van der Waals surface area contributed by atoms with Crippen LogP contribution in [-0.2, 0) is 0 Å². The maximum Gasteiger partial charge on any atom is 0.0604 e. The third-order valence-corrected chi connectivity index (χ3v) is 4.45. The molecule has 2 heteroatoms. The fraction of sp³-hybridized carbons (Fsp3) is 0.333. The quantitative estimate of drug-likeness (QED) is 0.920. The van der Waals surface area contributed by atoms with Crippen LogP contribution >= 0.6 is 0 Å². The summed E-state index contributed by atoms with van der Waals surface area (Å²) in [5.74, 6) is 0.407. The molecule has 0 aliphatic carbocycles. The van der Waals surface area contributed by atoms with Gasteiger partial charge in [0.05, 0.1) is 6.04 Å². The van der Waals surface area contributed by atoms with Gasteiger partial charge in [-0.15, -0.1) is 0 Å². The van der Waals surface area contributed by atoms with E-state index in [1.54, 1.807) is 0 Å². The van der Waals surface area contributed by atoms with Crippen LogP contribution in [-0.4, -0.2) is 29.2 Å². The van der Waals surface area contributed by atoms with Crippen molar-refractivity contribution in [2.24, 2.45) is 5.92 Å². The molecule has 1 fully saturated rings. The second kappa shape index (κ2) is 5.78. The Hall–Kier alpha value is -1.64. The Labute approximate surface area is 120 Å². The second-order valence-corrected chi connectivity index (χ2v) is 5.60. The minimum atomic E-state index is 0.286. The first-order valence-corrected chi connectivity index (χ1v) is 7.27. The van der Waals surface area contributed by atoms with Crippen LogP contribution in [0.25, 0.3) is 0 Å². The molecule has 2 atom stereocenters. The van der Waals surface area contributed by atoms with Gasteiger partial charge in [0.1, 0.15) is 0 Å². The Morgan fingerprint density at radius 3 is 1.90 bits per heavy atom. The van der Waals surface area contributed by atoms with E-state index in [9.17, 15) is 5.11 Å². The lowest BCUT2D eigenvalue weighted by Gasteiger charge is -2.50. The lowest BCUT2D eigenvalue weighted by molar-refractivity contribution is -0.0278. The topological polar surface area (TPSA) is 23.5 Å². The summed E-state index contributed by atoms with van der Waals surface area (Å²) in [4.78, 5) is 2.48. The van der Waals surface area contributed by atoms with Gasteiger partial charge in [-0.1, -0.05) is 60.7 Å². The Kier molecular flexibility index (Phi) is 3.86. The van der Waals surface area contributed by atoms with Crippen molar-refractivity contribution >= 4 is 0 Å². The van der Waals surface area contributed by atoms with Crippen LogP contribution in [0.15, 0.2) is 60.7 Å². The molecule has 0 unspecified atom stereocenters. The lowest BCUT2D eigenvalue weighted by atomic mass is 9.84. The Morgan fingerprint density at radius 2 is 1.50 bits per heavy atom. The number of hydrogen-bond acceptors (Lipinski definition) is 2. The van der Waals surface area contributed by atoms with E-state index in [-0.39, 0.29) is 12.6 Å². The van der Waals surface area contributed by atoms with Crippen LogP contribution in [0, 0.1) is 5.92 Å². The van der Waals surface area contributed by atoms with Gasteiger partial charge in [0, 0.05) is 25.1 Å². The molecule has 0 aromatic heterocycles. The molecule has 1 aliphatic heterocycles. The third-order valence-electron chi connectivity index (χ3n) is 4.45. The second-order valence-electron chi connectivity index (χ2n) is 5.60. The summed E-state index contributed by atoms with van der Waals surface area (Å²) in [7, 11) is 0. The van der Waals surface area contributed by atoms with E-state index < -0.39 is 0 Å². The van der Waals surface area contributed by atoms with Gasteiger partial charge in [-0.05, 0) is 18.1 Å². The molecule has 3 rings (SSSR count). The minimum absolute atomic E-state index is 0.286. The molecular weight excluding hydrogens is 246 g/mol. The fourth-order valence-electron chi connectivity index (χ4n) is 3.12. The molecule has 1 heterocycles. The molecule has 20 heavy (non-hydrogen) atoms. The number of nitrogens with zero attached hydrogens (tertiary/aromatic N) is 1. The summed E-state index contributed by atoms with van der Waals surface area (Å²) in [6, 6.07) is 22.0. The Balaban J connectivity index is 1.94. The first kappa shape index (κ1) is 13.3. The van der Waals surface area contributed by atoms with Gasteiger partial charge < -0.3 is 5.11 Å². The van der Waals surface area contributed by atoms with Crippen molar-refractivity contribution < 1.29 is 5.11 Å². The number of likely N-dealkylation sites (tertiary alicyclic amines) is 1.